The van der Waals surface area contributed by atoms with Gasteiger partial charge in [-0.05, 0) is 38.3 Å². The molecule has 1 aromatic carbocycles. The van der Waals surface area contributed by atoms with Crippen molar-refractivity contribution < 1.29 is 5.11 Å². The molecule has 2 aromatic rings. The molecule has 1 unspecified atom stereocenters. The second-order valence-electron chi connectivity index (χ2n) is 4.69. The van der Waals surface area contributed by atoms with Gasteiger partial charge in [0.25, 0.3) is 0 Å². The van der Waals surface area contributed by atoms with Crippen molar-refractivity contribution in [1.82, 2.24) is 5.32 Å². The summed E-state index contributed by atoms with van der Waals surface area (Å²) in [5.41, 5.74) is 2.12. The van der Waals surface area contributed by atoms with Crippen LogP contribution in [0.3, 0.4) is 0 Å². The molecule has 0 saturated heterocycles. The first-order chi connectivity index (χ1) is 8.58. The fraction of sp³-hybridized carbons (Fsp3) is 0.333. The van der Waals surface area contributed by atoms with Gasteiger partial charge in [-0.1, -0.05) is 23.8 Å². The van der Waals surface area contributed by atoms with Crippen molar-refractivity contribution in [1.29, 1.82) is 0 Å². The minimum Gasteiger partial charge on any atom is -0.508 e. The van der Waals surface area contributed by atoms with E-state index in [9.17, 15) is 5.11 Å². The van der Waals surface area contributed by atoms with Gasteiger partial charge in [-0.25, -0.2) is 0 Å². The molecule has 96 valence electrons. The maximum absolute atomic E-state index is 9.91. The SMILES string of the molecule is Cc1ccc(O)c(C(C)N[C@H](C)c2cccs2)c1. The molecular weight excluding hydrogens is 242 g/mol. The summed E-state index contributed by atoms with van der Waals surface area (Å²) in [6, 6.07) is 10.3. The van der Waals surface area contributed by atoms with E-state index in [0.29, 0.717) is 11.8 Å². The Labute approximate surface area is 112 Å². The van der Waals surface area contributed by atoms with Crippen molar-refractivity contribution in [2.75, 3.05) is 0 Å². The number of phenolic OH excluding ortho intramolecular Hbond substituents is 1. The smallest absolute Gasteiger partial charge is 0.120 e. The molecule has 2 rings (SSSR count). The second-order valence-corrected chi connectivity index (χ2v) is 5.67. The number of hydrogen-bond donors (Lipinski definition) is 2. The highest BCUT2D eigenvalue weighted by Crippen LogP contribution is 2.28. The number of phenols is 1. The summed E-state index contributed by atoms with van der Waals surface area (Å²) in [6.45, 7) is 6.27. The molecule has 18 heavy (non-hydrogen) atoms. The van der Waals surface area contributed by atoms with Crippen molar-refractivity contribution in [2.24, 2.45) is 0 Å². The molecule has 2 atom stereocenters. The lowest BCUT2D eigenvalue weighted by Crippen LogP contribution is -2.21. The van der Waals surface area contributed by atoms with Crippen LogP contribution in [0.2, 0.25) is 0 Å². The van der Waals surface area contributed by atoms with Crippen molar-refractivity contribution >= 4 is 11.3 Å². The first-order valence-electron chi connectivity index (χ1n) is 6.17. The molecule has 2 N–H and O–H groups in total. The summed E-state index contributed by atoms with van der Waals surface area (Å²) < 4.78 is 0. The Kier molecular flexibility index (Phi) is 4.04. The summed E-state index contributed by atoms with van der Waals surface area (Å²) in [6.07, 6.45) is 0. The number of nitrogens with one attached hydrogen (secondary N) is 1. The molecule has 3 heteroatoms. The van der Waals surface area contributed by atoms with E-state index >= 15 is 0 Å². The van der Waals surface area contributed by atoms with E-state index < -0.39 is 0 Å². The van der Waals surface area contributed by atoms with E-state index in [1.54, 1.807) is 17.4 Å². The molecule has 0 radical (unpaired) electrons. The Balaban J connectivity index is 2.12. The lowest BCUT2D eigenvalue weighted by Gasteiger charge is -2.20. The summed E-state index contributed by atoms with van der Waals surface area (Å²) in [5.74, 6) is 0.360. The van der Waals surface area contributed by atoms with Crippen LogP contribution in [-0.4, -0.2) is 5.11 Å². The molecular formula is C15H19NOS. The van der Waals surface area contributed by atoms with Gasteiger partial charge in [0.1, 0.15) is 5.75 Å². The van der Waals surface area contributed by atoms with Crippen LogP contribution in [0.15, 0.2) is 35.7 Å². The third kappa shape index (κ3) is 2.92. The van der Waals surface area contributed by atoms with Crippen LogP contribution >= 0.6 is 11.3 Å². The van der Waals surface area contributed by atoms with Crippen molar-refractivity contribution in [3.8, 4) is 5.75 Å². The average molecular weight is 261 g/mol. The maximum Gasteiger partial charge on any atom is 0.120 e. The molecule has 0 spiro atoms. The van der Waals surface area contributed by atoms with Crippen LogP contribution < -0.4 is 5.32 Å². The number of hydrogen-bond acceptors (Lipinski definition) is 3. The fourth-order valence-electron chi connectivity index (χ4n) is 2.11. The zero-order valence-electron chi connectivity index (χ0n) is 11.0. The van der Waals surface area contributed by atoms with Gasteiger partial charge in [-0.15, -0.1) is 11.3 Å². The highest BCUT2D eigenvalue weighted by atomic mass is 32.1. The molecule has 0 aliphatic rings. The van der Waals surface area contributed by atoms with Crippen LogP contribution in [0.25, 0.3) is 0 Å². The van der Waals surface area contributed by atoms with Gasteiger partial charge in [-0.2, -0.15) is 0 Å². The maximum atomic E-state index is 9.91. The largest absolute Gasteiger partial charge is 0.508 e. The monoisotopic (exact) mass is 261 g/mol. The van der Waals surface area contributed by atoms with Gasteiger partial charge in [0.05, 0.1) is 0 Å². The Bertz CT molecular complexity index is 507. The summed E-state index contributed by atoms with van der Waals surface area (Å²) in [4.78, 5) is 1.31. The molecule has 2 nitrogen and oxygen atoms in total. The summed E-state index contributed by atoms with van der Waals surface area (Å²) in [7, 11) is 0. The van der Waals surface area contributed by atoms with E-state index in [2.05, 4.69) is 36.7 Å². The van der Waals surface area contributed by atoms with Crippen molar-refractivity contribution in [3.63, 3.8) is 0 Å². The van der Waals surface area contributed by atoms with E-state index in [4.69, 9.17) is 0 Å². The van der Waals surface area contributed by atoms with Crippen LogP contribution in [0, 0.1) is 6.92 Å². The van der Waals surface area contributed by atoms with Crippen LogP contribution in [0.4, 0.5) is 0 Å². The molecule has 0 saturated carbocycles. The molecule has 0 aliphatic carbocycles. The van der Waals surface area contributed by atoms with Gasteiger partial charge in [0.2, 0.25) is 0 Å². The van der Waals surface area contributed by atoms with Crippen LogP contribution in [0.1, 0.15) is 41.9 Å². The average Bonchev–Trinajstić information content (AvgIpc) is 2.85. The molecule has 0 fully saturated rings. The standard InChI is InChI=1S/C15H19NOS/c1-10-6-7-14(17)13(9-10)11(2)16-12(3)15-5-4-8-18-15/h4-9,11-12,16-17H,1-3H3/t11?,12-/m1/s1. The van der Waals surface area contributed by atoms with Gasteiger partial charge in [0.15, 0.2) is 0 Å². The first kappa shape index (κ1) is 13.1. The Hall–Kier alpha value is -1.32. The normalized spacial score (nSPS) is 14.4. The molecule has 1 heterocycles. The molecule has 0 amide bonds. The van der Waals surface area contributed by atoms with Gasteiger partial charge < -0.3 is 10.4 Å². The van der Waals surface area contributed by atoms with Crippen molar-refractivity contribution in [3.05, 3.63) is 51.7 Å². The zero-order valence-corrected chi connectivity index (χ0v) is 11.8. The number of aromatic hydroxyl groups is 1. The molecule has 1 aromatic heterocycles. The van der Waals surface area contributed by atoms with Crippen LogP contribution in [0.5, 0.6) is 5.75 Å². The zero-order chi connectivity index (χ0) is 13.1. The summed E-state index contributed by atoms with van der Waals surface area (Å²) in [5, 5.41) is 15.5. The molecule has 0 aliphatic heterocycles. The van der Waals surface area contributed by atoms with Gasteiger partial charge in [0, 0.05) is 22.5 Å². The number of benzene rings is 1. The molecule has 0 bridgehead atoms. The third-order valence-electron chi connectivity index (χ3n) is 3.12. The highest BCUT2D eigenvalue weighted by molar-refractivity contribution is 7.10. The minimum absolute atomic E-state index is 0.127. The lowest BCUT2D eigenvalue weighted by atomic mass is 10.0. The van der Waals surface area contributed by atoms with E-state index in [1.807, 2.05) is 19.1 Å². The van der Waals surface area contributed by atoms with E-state index in [0.717, 1.165) is 5.56 Å². The van der Waals surface area contributed by atoms with E-state index in [-0.39, 0.29) is 6.04 Å². The topological polar surface area (TPSA) is 32.3 Å². The summed E-state index contributed by atoms with van der Waals surface area (Å²) >= 11 is 1.75. The predicted molar refractivity (Wildman–Crippen MR) is 77.1 cm³/mol. The van der Waals surface area contributed by atoms with Gasteiger partial charge in [-0.3, -0.25) is 0 Å². The number of thiophene rings is 1. The minimum atomic E-state index is 0.127. The van der Waals surface area contributed by atoms with Gasteiger partial charge >= 0.3 is 0 Å². The second kappa shape index (κ2) is 5.55. The number of aryl methyl sites for hydroxylation is 1. The highest BCUT2D eigenvalue weighted by Gasteiger charge is 2.14. The quantitative estimate of drug-likeness (QED) is 0.865. The predicted octanol–water partition coefficient (Wildman–Crippen LogP) is 4.17. The van der Waals surface area contributed by atoms with Crippen LogP contribution in [-0.2, 0) is 0 Å². The van der Waals surface area contributed by atoms with Crippen molar-refractivity contribution in [2.45, 2.75) is 32.9 Å². The first-order valence-corrected chi connectivity index (χ1v) is 7.05. The Morgan fingerprint density at radius 1 is 1.17 bits per heavy atom. The lowest BCUT2D eigenvalue weighted by molar-refractivity contribution is 0.439. The third-order valence-corrected chi connectivity index (χ3v) is 4.17. The fourth-order valence-corrected chi connectivity index (χ4v) is 2.85. The Morgan fingerprint density at radius 2 is 1.94 bits per heavy atom. The Morgan fingerprint density at radius 3 is 2.61 bits per heavy atom. The van der Waals surface area contributed by atoms with E-state index in [1.165, 1.54) is 10.4 Å². The number of rotatable bonds is 4.